The number of hydrogen-bond donors (Lipinski definition) is 0. The van der Waals surface area contributed by atoms with Gasteiger partial charge in [0.2, 0.25) is 5.88 Å². The van der Waals surface area contributed by atoms with Gasteiger partial charge in [-0.05, 0) is 32.3 Å². The topological polar surface area (TPSA) is 96.4 Å². The Morgan fingerprint density at radius 2 is 1.79 bits per heavy atom. The summed E-state index contributed by atoms with van der Waals surface area (Å²) in [6.07, 6.45) is 3.58. The fourth-order valence-corrected chi connectivity index (χ4v) is 4.59. The summed E-state index contributed by atoms with van der Waals surface area (Å²) < 4.78 is 48.7. The van der Waals surface area contributed by atoms with Crippen molar-refractivity contribution in [2.45, 2.75) is 51.4 Å². The number of nitrogens with zero attached hydrogens (tertiary/aromatic N) is 8. The molecule has 4 aromatic heterocycles. The first-order valence-corrected chi connectivity index (χ1v) is 12.6. The van der Waals surface area contributed by atoms with Gasteiger partial charge in [-0.25, -0.2) is 29.6 Å². The predicted octanol–water partition coefficient (Wildman–Crippen LogP) is 5.68. The van der Waals surface area contributed by atoms with Crippen molar-refractivity contribution in [2.75, 3.05) is 7.11 Å². The Morgan fingerprint density at radius 1 is 1.03 bits per heavy atom. The highest BCUT2D eigenvalue weighted by Gasteiger charge is 2.35. The molecule has 0 aliphatic heterocycles. The van der Waals surface area contributed by atoms with Crippen LogP contribution in [0.3, 0.4) is 0 Å². The van der Waals surface area contributed by atoms with Crippen molar-refractivity contribution >= 4 is 11.0 Å². The molecular formula is C27H25F3N8O. The third kappa shape index (κ3) is 4.70. The quantitative estimate of drug-likeness (QED) is 0.265. The summed E-state index contributed by atoms with van der Waals surface area (Å²) in [5.74, 6) is 1.52. The number of fused-ring (bicyclic) bond motifs is 1. The standard InChI is InChI=1S/C27H25F3N8O/c1-15(2)37-13-20(27(28,29)30)35-24(37)18-6-4-16(5-7-18)12-38-25-19(11-34-38)10-31-23(36-25)21-22(17-8-9-17)32-14-33-26(21)39-3/h4-7,10-11,13-15,17H,8-9,12H2,1-3H3. The first kappa shape index (κ1) is 25.0. The maximum absolute atomic E-state index is 13.3. The molecule has 0 bridgehead atoms. The molecule has 9 nitrogen and oxygen atoms in total. The van der Waals surface area contributed by atoms with Crippen LogP contribution in [-0.2, 0) is 12.7 Å². The lowest BCUT2D eigenvalue weighted by Gasteiger charge is -2.12. The Labute approximate surface area is 221 Å². The predicted molar refractivity (Wildman–Crippen MR) is 137 cm³/mol. The number of hydrogen-bond acceptors (Lipinski definition) is 7. The van der Waals surface area contributed by atoms with Gasteiger partial charge in [0.15, 0.2) is 17.2 Å². The second-order valence-electron chi connectivity index (χ2n) is 9.84. The van der Waals surface area contributed by atoms with E-state index < -0.39 is 11.9 Å². The molecular weight excluding hydrogens is 509 g/mol. The molecule has 0 N–H and O–H groups in total. The highest BCUT2D eigenvalue weighted by atomic mass is 19.4. The first-order chi connectivity index (χ1) is 18.7. The summed E-state index contributed by atoms with van der Waals surface area (Å²) in [7, 11) is 1.56. The average molecular weight is 535 g/mol. The molecule has 1 aromatic carbocycles. The molecule has 0 radical (unpaired) electrons. The van der Waals surface area contributed by atoms with E-state index in [1.54, 1.807) is 36.3 Å². The molecule has 1 aliphatic rings. The number of benzene rings is 1. The number of imidazole rings is 1. The van der Waals surface area contributed by atoms with Gasteiger partial charge in [0.25, 0.3) is 0 Å². The van der Waals surface area contributed by atoms with E-state index in [0.717, 1.165) is 35.7 Å². The van der Waals surface area contributed by atoms with E-state index in [9.17, 15) is 13.2 Å². The van der Waals surface area contributed by atoms with Gasteiger partial charge in [-0.2, -0.15) is 18.3 Å². The van der Waals surface area contributed by atoms with Gasteiger partial charge in [0.05, 0.1) is 30.9 Å². The summed E-state index contributed by atoms with van der Waals surface area (Å²) >= 11 is 0. The number of aromatic nitrogens is 8. The van der Waals surface area contributed by atoms with Gasteiger partial charge in [-0.3, -0.25) is 0 Å². The maximum atomic E-state index is 13.3. The van der Waals surface area contributed by atoms with Crippen molar-refractivity contribution < 1.29 is 17.9 Å². The van der Waals surface area contributed by atoms with Crippen LogP contribution in [0.2, 0.25) is 0 Å². The zero-order valence-corrected chi connectivity index (χ0v) is 21.5. The van der Waals surface area contributed by atoms with Gasteiger partial charge in [0.1, 0.15) is 17.7 Å². The molecule has 200 valence electrons. The largest absolute Gasteiger partial charge is 0.480 e. The van der Waals surface area contributed by atoms with Crippen LogP contribution in [0, 0.1) is 0 Å². The molecule has 6 rings (SSSR count). The molecule has 0 unspecified atom stereocenters. The Balaban J connectivity index is 1.32. The minimum atomic E-state index is -4.51. The van der Waals surface area contributed by atoms with Crippen LogP contribution in [0.25, 0.3) is 33.8 Å². The summed E-state index contributed by atoms with van der Waals surface area (Å²) in [4.78, 5) is 22.0. The van der Waals surface area contributed by atoms with Crippen LogP contribution in [0.1, 0.15) is 55.6 Å². The molecule has 12 heteroatoms. The Bertz CT molecular complexity index is 1650. The third-order valence-electron chi connectivity index (χ3n) is 6.72. The van der Waals surface area contributed by atoms with E-state index in [0.29, 0.717) is 40.9 Å². The second-order valence-corrected chi connectivity index (χ2v) is 9.84. The van der Waals surface area contributed by atoms with E-state index >= 15 is 0 Å². The highest BCUT2D eigenvalue weighted by Crippen LogP contribution is 2.44. The maximum Gasteiger partial charge on any atom is 0.434 e. The minimum Gasteiger partial charge on any atom is -0.480 e. The molecule has 1 saturated carbocycles. The second kappa shape index (κ2) is 9.44. The van der Waals surface area contributed by atoms with Crippen molar-refractivity contribution in [2.24, 2.45) is 0 Å². The van der Waals surface area contributed by atoms with Crippen LogP contribution in [-0.4, -0.2) is 46.4 Å². The fraction of sp³-hybridized carbons (Fsp3) is 0.333. The Morgan fingerprint density at radius 3 is 2.46 bits per heavy atom. The molecule has 1 fully saturated rings. The number of halogens is 3. The van der Waals surface area contributed by atoms with E-state index in [2.05, 4.69) is 25.0 Å². The van der Waals surface area contributed by atoms with Gasteiger partial charge in [-0.1, -0.05) is 24.3 Å². The summed E-state index contributed by atoms with van der Waals surface area (Å²) in [6, 6.07) is 7.09. The van der Waals surface area contributed by atoms with E-state index in [-0.39, 0.29) is 11.9 Å². The summed E-state index contributed by atoms with van der Waals surface area (Å²) in [6.45, 7) is 4.05. The van der Waals surface area contributed by atoms with Crippen LogP contribution >= 0.6 is 0 Å². The fourth-order valence-electron chi connectivity index (χ4n) is 4.59. The van der Waals surface area contributed by atoms with Gasteiger partial charge in [-0.15, -0.1) is 0 Å². The molecule has 0 spiro atoms. The SMILES string of the molecule is COc1ncnc(C2CC2)c1-c1ncc2cnn(Cc3ccc(-c4nc(C(F)(F)F)cn4C(C)C)cc3)c2n1. The summed E-state index contributed by atoms with van der Waals surface area (Å²) in [5, 5.41) is 5.27. The van der Waals surface area contributed by atoms with Crippen molar-refractivity contribution in [1.82, 2.24) is 39.3 Å². The number of methoxy groups -OCH3 is 1. The average Bonchev–Trinajstić information content (AvgIpc) is 3.53. The number of rotatable bonds is 7. The molecule has 0 amide bonds. The zero-order valence-electron chi connectivity index (χ0n) is 21.5. The highest BCUT2D eigenvalue weighted by molar-refractivity contribution is 5.77. The smallest absolute Gasteiger partial charge is 0.434 e. The molecule has 39 heavy (non-hydrogen) atoms. The van der Waals surface area contributed by atoms with Crippen LogP contribution < -0.4 is 4.74 Å². The van der Waals surface area contributed by atoms with Gasteiger partial charge in [0, 0.05) is 29.9 Å². The summed E-state index contributed by atoms with van der Waals surface area (Å²) in [5.41, 5.74) is 2.82. The van der Waals surface area contributed by atoms with E-state index in [4.69, 9.17) is 9.72 Å². The molecule has 4 heterocycles. The minimum absolute atomic E-state index is 0.179. The van der Waals surface area contributed by atoms with Crippen molar-refractivity contribution in [3.8, 4) is 28.7 Å². The van der Waals surface area contributed by atoms with E-state index in [1.807, 2.05) is 26.0 Å². The Hall–Kier alpha value is -4.35. The van der Waals surface area contributed by atoms with Crippen LogP contribution in [0.5, 0.6) is 5.88 Å². The number of ether oxygens (including phenoxy) is 1. The monoisotopic (exact) mass is 534 g/mol. The normalized spacial score (nSPS) is 13.9. The van der Waals surface area contributed by atoms with Crippen LogP contribution in [0.15, 0.2) is 49.2 Å². The lowest BCUT2D eigenvalue weighted by atomic mass is 10.1. The molecule has 1 aliphatic carbocycles. The van der Waals surface area contributed by atoms with Crippen LogP contribution in [0.4, 0.5) is 13.2 Å². The van der Waals surface area contributed by atoms with E-state index in [1.165, 1.54) is 10.9 Å². The van der Waals surface area contributed by atoms with Crippen molar-refractivity contribution in [3.63, 3.8) is 0 Å². The molecule has 0 saturated heterocycles. The Kier molecular flexibility index (Phi) is 6.04. The van der Waals surface area contributed by atoms with Crippen molar-refractivity contribution in [1.29, 1.82) is 0 Å². The first-order valence-electron chi connectivity index (χ1n) is 12.6. The molecule has 0 atom stereocenters. The third-order valence-corrected chi connectivity index (χ3v) is 6.72. The van der Waals surface area contributed by atoms with Gasteiger partial charge < -0.3 is 9.30 Å². The lowest BCUT2D eigenvalue weighted by Crippen LogP contribution is -2.05. The van der Waals surface area contributed by atoms with Crippen molar-refractivity contribution in [3.05, 3.63) is 66.1 Å². The number of alkyl halides is 3. The van der Waals surface area contributed by atoms with Gasteiger partial charge >= 0.3 is 6.18 Å². The lowest BCUT2D eigenvalue weighted by molar-refractivity contribution is -0.140. The molecule has 5 aromatic rings. The zero-order chi connectivity index (χ0) is 27.3.